The summed E-state index contributed by atoms with van der Waals surface area (Å²) >= 11 is 5.99. The molecule has 1 aliphatic heterocycles. The van der Waals surface area contributed by atoms with E-state index in [2.05, 4.69) is 4.90 Å². The first-order valence-corrected chi connectivity index (χ1v) is 9.92. The van der Waals surface area contributed by atoms with Gasteiger partial charge in [-0.1, -0.05) is 41.4 Å². The molecule has 2 aromatic rings. The second kappa shape index (κ2) is 10.1. The summed E-state index contributed by atoms with van der Waals surface area (Å²) in [6, 6.07) is 15.7. The second-order valence-corrected chi connectivity index (χ2v) is 7.67. The van der Waals surface area contributed by atoms with Gasteiger partial charge < -0.3 is 14.6 Å². The Morgan fingerprint density at radius 3 is 2.59 bits per heavy atom. The van der Waals surface area contributed by atoms with Gasteiger partial charge in [0.15, 0.2) is 0 Å². The van der Waals surface area contributed by atoms with Crippen molar-refractivity contribution >= 4 is 11.6 Å². The Hall–Kier alpha value is -1.59. The molecule has 1 saturated heterocycles. The predicted octanol–water partition coefficient (Wildman–Crippen LogP) is 4.07. The zero-order valence-corrected chi connectivity index (χ0v) is 16.6. The van der Waals surface area contributed by atoms with Crippen molar-refractivity contribution in [3.8, 4) is 5.75 Å². The van der Waals surface area contributed by atoms with Gasteiger partial charge in [-0.3, -0.25) is 4.90 Å². The molecule has 0 aliphatic carbocycles. The molecule has 0 amide bonds. The van der Waals surface area contributed by atoms with Gasteiger partial charge in [0.2, 0.25) is 0 Å². The lowest BCUT2D eigenvalue weighted by molar-refractivity contribution is 0.0313. The summed E-state index contributed by atoms with van der Waals surface area (Å²) in [7, 11) is 0. The van der Waals surface area contributed by atoms with Crippen LogP contribution in [0.4, 0.5) is 0 Å². The Morgan fingerprint density at radius 2 is 1.93 bits per heavy atom. The van der Waals surface area contributed by atoms with Crippen LogP contribution in [-0.4, -0.2) is 48.5 Å². The highest BCUT2D eigenvalue weighted by Crippen LogP contribution is 2.17. The van der Waals surface area contributed by atoms with Gasteiger partial charge in [0.25, 0.3) is 0 Å². The van der Waals surface area contributed by atoms with Crippen LogP contribution in [0.1, 0.15) is 24.0 Å². The molecule has 1 heterocycles. The average molecular weight is 390 g/mol. The number of aliphatic hydroxyl groups excluding tert-OH is 1. The summed E-state index contributed by atoms with van der Waals surface area (Å²) in [5.41, 5.74) is 2.36. The van der Waals surface area contributed by atoms with Crippen molar-refractivity contribution in [2.75, 3.05) is 26.3 Å². The summed E-state index contributed by atoms with van der Waals surface area (Å²) in [4.78, 5) is 2.24. The summed E-state index contributed by atoms with van der Waals surface area (Å²) in [5, 5.41) is 11.2. The molecular formula is C22H28ClNO3. The molecule has 0 saturated carbocycles. The first kappa shape index (κ1) is 20.2. The van der Waals surface area contributed by atoms with E-state index >= 15 is 0 Å². The molecule has 146 valence electrons. The van der Waals surface area contributed by atoms with Gasteiger partial charge >= 0.3 is 0 Å². The highest BCUT2D eigenvalue weighted by molar-refractivity contribution is 6.30. The first-order valence-electron chi connectivity index (χ1n) is 9.54. The van der Waals surface area contributed by atoms with Crippen LogP contribution in [0.2, 0.25) is 5.02 Å². The number of rotatable bonds is 9. The summed E-state index contributed by atoms with van der Waals surface area (Å²) < 4.78 is 11.5. The van der Waals surface area contributed by atoms with E-state index < -0.39 is 6.10 Å². The summed E-state index contributed by atoms with van der Waals surface area (Å²) in [6.07, 6.45) is 1.86. The van der Waals surface area contributed by atoms with Crippen molar-refractivity contribution in [1.82, 2.24) is 4.90 Å². The van der Waals surface area contributed by atoms with Crippen molar-refractivity contribution in [2.45, 2.75) is 38.5 Å². The maximum Gasteiger partial charge on any atom is 0.119 e. The fraction of sp³-hybridized carbons (Fsp3) is 0.455. The van der Waals surface area contributed by atoms with Gasteiger partial charge in [-0.05, 0) is 49.6 Å². The zero-order valence-electron chi connectivity index (χ0n) is 15.8. The highest BCUT2D eigenvalue weighted by atomic mass is 35.5. The fourth-order valence-electron chi connectivity index (χ4n) is 3.31. The third kappa shape index (κ3) is 6.82. The monoisotopic (exact) mass is 389 g/mol. The van der Waals surface area contributed by atoms with Crippen LogP contribution in [-0.2, 0) is 11.3 Å². The molecule has 5 heteroatoms. The zero-order chi connectivity index (χ0) is 19.1. The summed E-state index contributed by atoms with van der Waals surface area (Å²) in [5.74, 6) is 0.781. The van der Waals surface area contributed by atoms with Crippen molar-refractivity contribution < 1.29 is 14.6 Å². The minimum absolute atomic E-state index is 0.238. The van der Waals surface area contributed by atoms with Crippen LogP contribution in [0.15, 0.2) is 48.5 Å². The quantitative estimate of drug-likeness (QED) is 0.702. The molecule has 2 aromatic carbocycles. The molecule has 0 spiro atoms. The van der Waals surface area contributed by atoms with Gasteiger partial charge in [0.05, 0.1) is 6.10 Å². The van der Waals surface area contributed by atoms with Crippen LogP contribution >= 0.6 is 11.6 Å². The van der Waals surface area contributed by atoms with Crippen molar-refractivity contribution in [3.05, 3.63) is 64.7 Å². The standard InChI is InChI=1S/C22H28ClNO3/c1-17-4-10-21(11-5-17)27-16-20(25)14-24(15-22-3-2-12-26-22)13-18-6-8-19(23)9-7-18/h4-11,20,22,25H,2-3,12-16H2,1H3. The molecule has 2 unspecified atom stereocenters. The molecule has 2 atom stereocenters. The van der Waals surface area contributed by atoms with E-state index in [-0.39, 0.29) is 12.7 Å². The SMILES string of the molecule is Cc1ccc(OCC(O)CN(Cc2ccc(Cl)cc2)CC2CCCO2)cc1. The fourth-order valence-corrected chi connectivity index (χ4v) is 3.43. The average Bonchev–Trinajstić information content (AvgIpc) is 3.16. The second-order valence-electron chi connectivity index (χ2n) is 7.23. The van der Waals surface area contributed by atoms with Crippen molar-refractivity contribution in [2.24, 2.45) is 0 Å². The lowest BCUT2D eigenvalue weighted by atomic mass is 10.1. The number of hydrogen-bond donors (Lipinski definition) is 1. The number of ether oxygens (including phenoxy) is 2. The number of halogens is 1. The topological polar surface area (TPSA) is 41.9 Å². The molecule has 4 nitrogen and oxygen atoms in total. The number of aliphatic hydroxyl groups is 1. The van der Waals surface area contributed by atoms with E-state index in [4.69, 9.17) is 21.1 Å². The molecule has 1 N–H and O–H groups in total. The van der Waals surface area contributed by atoms with Crippen LogP contribution in [0.25, 0.3) is 0 Å². The summed E-state index contributed by atoms with van der Waals surface area (Å²) in [6.45, 7) is 5.24. The Kier molecular flexibility index (Phi) is 7.53. The Balaban J connectivity index is 1.55. The van der Waals surface area contributed by atoms with Gasteiger partial charge in [-0.25, -0.2) is 0 Å². The third-order valence-corrected chi connectivity index (χ3v) is 4.99. The largest absolute Gasteiger partial charge is 0.491 e. The Morgan fingerprint density at radius 1 is 1.19 bits per heavy atom. The predicted molar refractivity (Wildman–Crippen MR) is 108 cm³/mol. The Bertz CT molecular complexity index is 684. The van der Waals surface area contributed by atoms with Gasteiger partial charge in [0, 0.05) is 31.3 Å². The maximum atomic E-state index is 10.5. The van der Waals surface area contributed by atoms with E-state index in [0.717, 1.165) is 43.3 Å². The van der Waals surface area contributed by atoms with Gasteiger partial charge in [-0.15, -0.1) is 0 Å². The van der Waals surface area contributed by atoms with Crippen molar-refractivity contribution in [3.63, 3.8) is 0 Å². The van der Waals surface area contributed by atoms with E-state index in [1.807, 2.05) is 55.5 Å². The number of hydrogen-bond acceptors (Lipinski definition) is 4. The van der Waals surface area contributed by atoms with Crippen molar-refractivity contribution in [1.29, 1.82) is 0 Å². The number of nitrogens with zero attached hydrogens (tertiary/aromatic N) is 1. The molecule has 1 aliphatic rings. The molecule has 27 heavy (non-hydrogen) atoms. The molecule has 3 rings (SSSR count). The van der Waals surface area contributed by atoms with Crippen LogP contribution < -0.4 is 4.74 Å². The highest BCUT2D eigenvalue weighted by Gasteiger charge is 2.21. The molecular weight excluding hydrogens is 362 g/mol. The van der Waals surface area contributed by atoms with E-state index in [9.17, 15) is 5.11 Å². The van der Waals surface area contributed by atoms with E-state index in [0.29, 0.717) is 6.54 Å². The maximum absolute atomic E-state index is 10.5. The third-order valence-electron chi connectivity index (χ3n) is 4.74. The normalized spacial score (nSPS) is 18.0. The smallest absolute Gasteiger partial charge is 0.119 e. The lowest BCUT2D eigenvalue weighted by Gasteiger charge is -2.27. The molecule has 1 fully saturated rings. The van der Waals surface area contributed by atoms with Crippen LogP contribution in [0.3, 0.4) is 0 Å². The first-order chi connectivity index (χ1) is 13.1. The molecule has 0 radical (unpaired) electrons. The number of aryl methyl sites for hydroxylation is 1. The van der Waals surface area contributed by atoms with E-state index in [1.54, 1.807) is 0 Å². The van der Waals surface area contributed by atoms with Crippen LogP contribution in [0, 0.1) is 6.92 Å². The van der Waals surface area contributed by atoms with Gasteiger partial charge in [-0.2, -0.15) is 0 Å². The molecule has 0 bridgehead atoms. The minimum atomic E-state index is -0.569. The van der Waals surface area contributed by atoms with Crippen LogP contribution in [0.5, 0.6) is 5.75 Å². The Labute approximate surface area is 166 Å². The van der Waals surface area contributed by atoms with Gasteiger partial charge in [0.1, 0.15) is 18.5 Å². The van der Waals surface area contributed by atoms with E-state index in [1.165, 1.54) is 11.1 Å². The molecule has 0 aromatic heterocycles. The minimum Gasteiger partial charge on any atom is -0.491 e. The number of benzene rings is 2. The lowest BCUT2D eigenvalue weighted by Crippen LogP contribution is -2.39.